The maximum absolute atomic E-state index is 13.2. The van der Waals surface area contributed by atoms with E-state index in [0.717, 1.165) is 21.3 Å². The van der Waals surface area contributed by atoms with Gasteiger partial charge >= 0.3 is 0 Å². The number of benzene rings is 2. The number of amides is 1. The number of hydrazone groups is 1. The highest BCUT2D eigenvalue weighted by Crippen LogP contribution is 2.35. The minimum absolute atomic E-state index is 0.134. The zero-order chi connectivity index (χ0) is 18.1. The van der Waals surface area contributed by atoms with E-state index in [4.69, 9.17) is 4.42 Å². The van der Waals surface area contributed by atoms with Crippen LogP contribution in [-0.4, -0.2) is 16.6 Å². The molecule has 2 aromatic carbocycles. The summed E-state index contributed by atoms with van der Waals surface area (Å²) in [6, 6.07) is 19.2. The van der Waals surface area contributed by atoms with Crippen LogP contribution in [0.15, 0.2) is 80.9 Å². The second-order valence-electron chi connectivity index (χ2n) is 6.29. The van der Waals surface area contributed by atoms with Gasteiger partial charge in [0.25, 0.3) is 5.91 Å². The summed E-state index contributed by atoms with van der Waals surface area (Å²) in [5.41, 5.74) is 3.59. The van der Waals surface area contributed by atoms with Crippen LogP contribution < -0.4 is 0 Å². The fourth-order valence-electron chi connectivity index (χ4n) is 3.18. The summed E-state index contributed by atoms with van der Waals surface area (Å²) < 4.78 is 6.26. The van der Waals surface area contributed by atoms with Gasteiger partial charge in [-0.15, -0.1) is 0 Å². The van der Waals surface area contributed by atoms with Gasteiger partial charge in [0.05, 0.1) is 17.9 Å². The van der Waals surface area contributed by atoms with Crippen LogP contribution in [0.3, 0.4) is 0 Å². The van der Waals surface area contributed by atoms with E-state index in [9.17, 15) is 4.79 Å². The minimum atomic E-state index is -0.158. The monoisotopic (exact) mass is 408 g/mol. The lowest BCUT2D eigenvalue weighted by molar-refractivity contribution is 0.0710. The van der Waals surface area contributed by atoms with Crippen LogP contribution in [0.2, 0.25) is 0 Å². The van der Waals surface area contributed by atoms with Crippen molar-refractivity contribution in [3.05, 3.63) is 93.9 Å². The second-order valence-corrected chi connectivity index (χ2v) is 7.14. The third kappa shape index (κ3) is 3.10. The predicted molar refractivity (Wildman–Crippen MR) is 104 cm³/mol. The Hall–Kier alpha value is -2.66. The molecular weight excluding hydrogens is 392 g/mol. The van der Waals surface area contributed by atoms with E-state index in [1.807, 2.05) is 55.5 Å². The average molecular weight is 409 g/mol. The molecule has 0 N–H and O–H groups in total. The molecule has 0 spiro atoms. The number of rotatable bonds is 3. The molecule has 2 heterocycles. The van der Waals surface area contributed by atoms with Crippen molar-refractivity contribution in [1.29, 1.82) is 0 Å². The van der Waals surface area contributed by atoms with Gasteiger partial charge in [-0.3, -0.25) is 4.79 Å². The van der Waals surface area contributed by atoms with Crippen LogP contribution in [-0.2, 0) is 0 Å². The van der Waals surface area contributed by atoms with Crippen molar-refractivity contribution in [3.63, 3.8) is 0 Å². The van der Waals surface area contributed by atoms with Gasteiger partial charge in [-0.1, -0.05) is 42.0 Å². The van der Waals surface area contributed by atoms with Crippen molar-refractivity contribution >= 4 is 27.5 Å². The first-order chi connectivity index (χ1) is 12.6. The highest BCUT2D eigenvalue weighted by atomic mass is 79.9. The lowest BCUT2D eigenvalue weighted by Crippen LogP contribution is -2.27. The Morgan fingerprint density at radius 3 is 2.73 bits per heavy atom. The molecular formula is C21H17BrN2O2. The largest absolute Gasteiger partial charge is 0.463 e. The Labute approximate surface area is 160 Å². The zero-order valence-electron chi connectivity index (χ0n) is 14.2. The molecule has 4 rings (SSSR count). The van der Waals surface area contributed by atoms with Crippen LogP contribution in [0, 0.1) is 6.92 Å². The Balaban J connectivity index is 1.76. The SMILES string of the molecule is Cc1cccc([C@H]2CC(c3ccco3)=NN2C(=O)c2ccccc2Br)c1. The van der Waals surface area contributed by atoms with E-state index in [1.54, 1.807) is 17.3 Å². The van der Waals surface area contributed by atoms with Gasteiger partial charge in [0, 0.05) is 10.9 Å². The van der Waals surface area contributed by atoms with E-state index in [-0.39, 0.29) is 11.9 Å². The van der Waals surface area contributed by atoms with E-state index < -0.39 is 0 Å². The number of nitrogens with zero attached hydrogens (tertiary/aromatic N) is 2. The van der Waals surface area contributed by atoms with Gasteiger partial charge < -0.3 is 4.42 Å². The normalized spacial score (nSPS) is 16.6. The fourth-order valence-corrected chi connectivity index (χ4v) is 3.64. The van der Waals surface area contributed by atoms with Gasteiger partial charge in [-0.05, 0) is 52.7 Å². The Morgan fingerprint density at radius 1 is 1.15 bits per heavy atom. The number of carbonyl (C=O) groups is 1. The first kappa shape index (κ1) is 16.8. The maximum atomic E-state index is 13.2. The third-order valence-corrected chi connectivity index (χ3v) is 5.15. The van der Waals surface area contributed by atoms with Crippen molar-refractivity contribution in [1.82, 2.24) is 5.01 Å². The molecule has 0 saturated heterocycles. The smallest absolute Gasteiger partial charge is 0.275 e. The number of aryl methyl sites for hydroxylation is 1. The van der Waals surface area contributed by atoms with Gasteiger partial charge in [0.2, 0.25) is 0 Å². The lowest BCUT2D eigenvalue weighted by Gasteiger charge is -2.22. The molecule has 0 radical (unpaired) electrons. The fraction of sp³-hybridized carbons (Fsp3) is 0.143. The first-order valence-corrected chi connectivity index (χ1v) is 9.19. The molecule has 0 unspecified atom stereocenters. The second kappa shape index (κ2) is 6.92. The molecule has 0 bridgehead atoms. The van der Waals surface area contributed by atoms with Crippen molar-refractivity contribution in [2.75, 3.05) is 0 Å². The highest BCUT2D eigenvalue weighted by Gasteiger charge is 2.35. The van der Waals surface area contributed by atoms with Crippen LogP contribution in [0.4, 0.5) is 0 Å². The molecule has 1 aliphatic heterocycles. The summed E-state index contributed by atoms with van der Waals surface area (Å²) in [4.78, 5) is 13.2. The molecule has 5 heteroatoms. The molecule has 4 nitrogen and oxygen atoms in total. The zero-order valence-corrected chi connectivity index (χ0v) is 15.8. The summed E-state index contributed by atoms with van der Waals surface area (Å²) in [6.45, 7) is 2.05. The molecule has 3 aromatic rings. The summed E-state index contributed by atoms with van der Waals surface area (Å²) in [5.74, 6) is 0.565. The minimum Gasteiger partial charge on any atom is -0.463 e. The molecule has 1 atom stereocenters. The number of furan rings is 1. The van der Waals surface area contributed by atoms with E-state index in [0.29, 0.717) is 17.7 Å². The molecule has 0 saturated carbocycles. The number of hydrogen-bond acceptors (Lipinski definition) is 3. The van der Waals surface area contributed by atoms with Gasteiger partial charge in [0.15, 0.2) is 0 Å². The molecule has 26 heavy (non-hydrogen) atoms. The highest BCUT2D eigenvalue weighted by molar-refractivity contribution is 9.10. The average Bonchev–Trinajstić information content (AvgIpc) is 3.31. The molecule has 1 aliphatic rings. The van der Waals surface area contributed by atoms with Crippen molar-refractivity contribution in [2.45, 2.75) is 19.4 Å². The van der Waals surface area contributed by atoms with Crippen molar-refractivity contribution in [3.8, 4) is 0 Å². The summed E-state index contributed by atoms with van der Waals surface area (Å²) in [6.07, 6.45) is 2.24. The Kier molecular flexibility index (Phi) is 4.47. The Bertz CT molecular complexity index is 979. The topological polar surface area (TPSA) is 45.8 Å². The summed E-state index contributed by atoms with van der Waals surface area (Å²) >= 11 is 3.47. The molecule has 0 fully saturated rings. The molecule has 1 amide bonds. The molecule has 130 valence electrons. The molecule has 0 aliphatic carbocycles. The Morgan fingerprint density at radius 2 is 2.00 bits per heavy atom. The number of carbonyl (C=O) groups excluding carboxylic acids is 1. The maximum Gasteiger partial charge on any atom is 0.275 e. The van der Waals surface area contributed by atoms with Crippen LogP contribution >= 0.6 is 15.9 Å². The summed E-state index contributed by atoms with van der Waals surface area (Å²) in [7, 11) is 0. The van der Waals surface area contributed by atoms with Crippen LogP contribution in [0.5, 0.6) is 0 Å². The quantitative estimate of drug-likeness (QED) is 0.586. The standard InChI is InChI=1S/C21H17BrN2O2/c1-14-6-4-7-15(12-14)19-13-18(20-10-5-11-26-20)23-24(19)21(25)16-8-2-3-9-17(16)22/h2-12,19H,13H2,1H3/t19-/m1/s1. The molecule has 1 aromatic heterocycles. The first-order valence-electron chi connectivity index (χ1n) is 8.39. The van der Waals surface area contributed by atoms with Gasteiger partial charge in [0.1, 0.15) is 11.5 Å². The van der Waals surface area contributed by atoms with Gasteiger partial charge in [-0.2, -0.15) is 5.10 Å². The number of hydrogen-bond donors (Lipinski definition) is 0. The van der Waals surface area contributed by atoms with Crippen molar-refractivity contribution < 1.29 is 9.21 Å². The summed E-state index contributed by atoms with van der Waals surface area (Å²) in [5, 5.41) is 6.20. The number of halogens is 1. The lowest BCUT2D eigenvalue weighted by atomic mass is 9.99. The van der Waals surface area contributed by atoms with E-state index in [1.165, 1.54) is 0 Å². The van der Waals surface area contributed by atoms with Crippen molar-refractivity contribution in [2.24, 2.45) is 5.10 Å². The van der Waals surface area contributed by atoms with E-state index in [2.05, 4.69) is 27.1 Å². The van der Waals surface area contributed by atoms with E-state index >= 15 is 0 Å². The third-order valence-electron chi connectivity index (χ3n) is 4.46. The van der Waals surface area contributed by atoms with Crippen LogP contribution in [0.25, 0.3) is 0 Å². The predicted octanol–water partition coefficient (Wildman–Crippen LogP) is 5.34. The van der Waals surface area contributed by atoms with Gasteiger partial charge in [-0.25, -0.2) is 5.01 Å². The van der Waals surface area contributed by atoms with Crippen LogP contribution in [0.1, 0.15) is 39.7 Å².